The maximum absolute atomic E-state index is 11.1. The molecule has 3 aromatic rings. The van der Waals surface area contributed by atoms with Crippen molar-refractivity contribution in [2.24, 2.45) is 5.92 Å². The van der Waals surface area contributed by atoms with Crippen molar-refractivity contribution in [3.8, 4) is 22.8 Å². The average Bonchev–Trinajstić information content (AvgIpc) is 3.71. The van der Waals surface area contributed by atoms with Crippen LogP contribution in [0.2, 0.25) is 0 Å². The number of rotatable bonds is 15. The molecular weight excluding hydrogens is 446 g/mol. The fourth-order valence-electron chi connectivity index (χ4n) is 3.47. The van der Waals surface area contributed by atoms with Gasteiger partial charge in [0.2, 0.25) is 0 Å². The quantitative estimate of drug-likeness (QED) is 0.288. The van der Waals surface area contributed by atoms with E-state index in [2.05, 4.69) is 15.5 Å². The van der Waals surface area contributed by atoms with Gasteiger partial charge in [0.05, 0.1) is 12.3 Å². The molecule has 8 nitrogen and oxygen atoms in total. The van der Waals surface area contributed by atoms with Gasteiger partial charge >= 0.3 is 0 Å². The lowest BCUT2D eigenvalue weighted by atomic mass is 10.1. The van der Waals surface area contributed by atoms with Crippen LogP contribution in [0.15, 0.2) is 65.5 Å². The number of nitrogens with zero attached hydrogens (tertiary/aromatic N) is 1. The van der Waals surface area contributed by atoms with Crippen LogP contribution < -0.4 is 20.3 Å². The fraction of sp³-hybridized carbons (Fsp3) is 0.407. The maximum atomic E-state index is 11.1. The summed E-state index contributed by atoms with van der Waals surface area (Å²) in [6.07, 6.45) is 2.91. The predicted octanol–water partition coefficient (Wildman–Crippen LogP) is 2.81. The molecule has 0 radical (unpaired) electrons. The molecular formula is C27H33N3O5. The molecule has 1 fully saturated rings. The number of benzene rings is 2. The lowest BCUT2D eigenvalue weighted by Gasteiger charge is -2.14. The van der Waals surface area contributed by atoms with E-state index in [0.29, 0.717) is 25.4 Å². The Hall–Kier alpha value is -3.20. The highest BCUT2D eigenvalue weighted by Gasteiger charge is 2.20. The minimum absolute atomic E-state index is 0.220. The molecule has 35 heavy (non-hydrogen) atoms. The van der Waals surface area contributed by atoms with Gasteiger partial charge in [0.25, 0.3) is 5.56 Å². The zero-order chi connectivity index (χ0) is 24.3. The number of hydrogen-bond donors (Lipinski definition) is 3. The summed E-state index contributed by atoms with van der Waals surface area (Å²) < 4.78 is 17.1. The number of aliphatic hydroxyl groups excluding tert-OH is 1. The third-order valence-corrected chi connectivity index (χ3v) is 5.71. The maximum Gasteiger partial charge on any atom is 0.264 e. The van der Waals surface area contributed by atoms with Gasteiger partial charge in [-0.1, -0.05) is 12.1 Å². The summed E-state index contributed by atoms with van der Waals surface area (Å²) in [5, 5.41) is 19.8. The van der Waals surface area contributed by atoms with E-state index in [4.69, 9.17) is 14.2 Å². The van der Waals surface area contributed by atoms with Gasteiger partial charge in [-0.2, -0.15) is 5.10 Å². The van der Waals surface area contributed by atoms with E-state index in [-0.39, 0.29) is 12.2 Å². The first-order valence-electron chi connectivity index (χ1n) is 12.1. The monoisotopic (exact) mass is 479 g/mol. The number of aromatic amines is 1. The van der Waals surface area contributed by atoms with Crippen molar-refractivity contribution in [1.82, 2.24) is 15.5 Å². The smallest absolute Gasteiger partial charge is 0.264 e. The molecule has 0 bridgehead atoms. The molecule has 3 N–H and O–H groups in total. The molecule has 2 aromatic carbocycles. The van der Waals surface area contributed by atoms with Gasteiger partial charge in [-0.3, -0.25) is 4.79 Å². The first-order chi connectivity index (χ1) is 17.2. The van der Waals surface area contributed by atoms with Crippen molar-refractivity contribution >= 4 is 0 Å². The molecule has 0 amide bonds. The van der Waals surface area contributed by atoms with Crippen LogP contribution in [-0.4, -0.2) is 60.9 Å². The molecule has 0 spiro atoms. The third-order valence-electron chi connectivity index (χ3n) is 5.71. The molecule has 1 aliphatic carbocycles. The van der Waals surface area contributed by atoms with Crippen LogP contribution in [0.3, 0.4) is 0 Å². The van der Waals surface area contributed by atoms with Gasteiger partial charge in [0, 0.05) is 31.3 Å². The zero-order valence-corrected chi connectivity index (χ0v) is 19.8. The molecule has 1 saturated carbocycles. The highest BCUT2D eigenvalue weighted by atomic mass is 16.5. The van der Waals surface area contributed by atoms with E-state index >= 15 is 0 Å². The first kappa shape index (κ1) is 24.9. The van der Waals surface area contributed by atoms with E-state index < -0.39 is 6.10 Å². The number of hydrogen-bond acceptors (Lipinski definition) is 7. The van der Waals surface area contributed by atoms with Crippen LogP contribution >= 0.6 is 0 Å². The van der Waals surface area contributed by atoms with Gasteiger partial charge in [0.1, 0.15) is 30.8 Å². The van der Waals surface area contributed by atoms with Crippen molar-refractivity contribution in [1.29, 1.82) is 0 Å². The minimum Gasteiger partial charge on any atom is -0.492 e. The summed E-state index contributed by atoms with van der Waals surface area (Å²) in [6, 6.07) is 18.6. The van der Waals surface area contributed by atoms with Crippen LogP contribution in [0.1, 0.15) is 18.4 Å². The number of aliphatic hydroxyl groups is 1. The fourth-order valence-corrected chi connectivity index (χ4v) is 3.47. The Balaban J connectivity index is 1.06. The van der Waals surface area contributed by atoms with E-state index in [1.54, 1.807) is 6.07 Å². The Labute approximate surface area is 205 Å². The molecule has 1 unspecified atom stereocenters. The van der Waals surface area contributed by atoms with Gasteiger partial charge in [-0.15, -0.1) is 0 Å². The minimum atomic E-state index is -0.616. The van der Waals surface area contributed by atoms with Crippen LogP contribution in [0.4, 0.5) is 0 Å². The van der Waals surface area contributed by atoms with Crippen LogP contribution in [0, 0.1) is 5.92 Å². The number of aromatic nitrogens is 2. The Morgan fingerprint density at radius 1 is 0.971 bits per heavy atom. The Morgan fingerprint density at radius 3 is 2.43 bits per heavy atom. The highest BCUT2D eigenvalue weighted by molar-refractivity contribution is 5.59. The van der Waals surface area contributed by atoms with Crippen molar-refractivity contribution in [3.05, 3.63) is 76.6 Å². The largest absolute Gasteiger partial charge is 0.492 e. The molecule has 1 aliphatic rings. The lowest BCUT2D eigenvalue weighted by molar-refractivity contribution is 0.105. The van der Waals surface area contributed by atoms with Crippen LogP contribution in [0.25, 0.3) is 11.3 Å². The van der Waals surface area contributed by atoms with E-state index in [9.17, 15) is 9.90 Å². The molecule has 8 heteroatoms. The highest BCUT2D eigenvalue weighted by Crippen LogP contribution is 2.28. The second-order valence-corrected chi connectivity index (χ2v) is 8.76. The lowest BCUT2D eigenvalue weighted by Crippen LogP contribution is -2.33. The number of H-pyrrole nitrogens is 1. The van der Waals surface area contributed by atoms with E-state index in [0.717, 1.165) is 42.6 Å². The van der Waals surface area contributed by atoms with Gasteiger partial charge in [-0.25, -0.2) is 5.10 Å². The second-order valence-electron chi connectivity index (χ2n) is 8.76. The van der Waals surface area contributed by atoms with Crippen LogP contribution in [0.5, 0.6) is 11.5 Å². The summed E-state index contributed by atoms with van der Waals surface area (Å²) in [6.45, 7) is 3.34. The van der Waals surface area contributed by atoms with Gasteiger partial charge < -0.3 is 24.6 Å². The second kappa shape index (κ2) is 13.0. The molecule has 0 saturated heterocycles. The Morgan fingerprint density at radius 2 is 1.71 bits per heavy atom. The Kier molecular flexibility index (Phi) is 9.28. The zero-order valence-electron chi connectivity index (χ0n) is 19.8. The topological polar surface area (TPSA) is 106 Å². The molecule has 1 heterocycles. The predicted molar refractivity (Wildman–Crippen MR) is 134 cm³/mol. The van der Waals surface area contributed by atoms with Gasteiger partial charge in [0.15, 0.2) is 0 Å². The van der Waals surface area contributed by atoms with E-state index in [1.807, 2.05) is 48.5 Å². The summed E-state index contributed by atoms with van der Waals surface area (Å²) in [4.78, 5) is 11.1. The number of ether oxygens (including phenoxy) is 3. The molecule has 4 rings (SSSR count). The molecule has 1 aromatic heterocycles. The van der Waals surface area contributed by atoms with Crippen molar-refractivity contribution in [3.63, 3.8) is 0 Å². The molecule has 186 valence electrons. The standard InChI is InChI=1S/C27H33N3O5/c31-23(19-35-25-7-3-20(4-8-25)13-15-33-18-21-1-2-21)17-28-14-16-34-24-9-5-22(6-10-24)26-11-12-27(32)30-29-26/h3-12,21,23,28,31H,1-2,13-19H2,(H,30,32). The summed E-state index contributed by atoms with van der Waals surface area (Å²) >= 11 is 0. The summed E-state index contributed by atoms with van der Waals surface area (Å²) in [7, 11) is 0. The van der Waals surface area contributed by atoms with Crippen molar-refractivity contribution < 1.29 is 19.3 Å². The SMILES string of the molecule is O=c1ccc(-c2ccc(OCCNCC(O)COc3ccc(CCOCC4CC4)cc3)cc2)n[nH]1. The number of nitrogens with one attached hydrogen (secondary N) is 2. The summed E-state index contributed by atoms with van der Waals surface area (Å²) in [5.74, 6) is 2.28. The molecule has 0 aliphatic heterocycles. The third kappa shape index (κ3) is 8.83. The van der Waals surface area contributed by atoms with Crippen molar-refractivity contribution in [2.45, 2.75) is 25.4 Å². The normalized spacial score (nSPS) is 14.0. The van der Waals surface area contributed by atoms with Crippen molar-refractivity contribution in [2.75, 3.05) is 39.5 Å². The summed E-state index contributed by atoms with van der Waals surface area (Å²) in [5.41, 5.74) is 2.58. The Bertz CT molecular complexity index is 1060. The molecule has 1 atom stereocenters. The van der Waals surface area contributed by atoms with Gasteiger partial charge in [-0.05, 0) is 73.2 Å². The van der Waals surface area contributed by atoms with E-state index in [1.165, 1.54) is 24.5 Å². The van der Waals surface area contributed by atoms with Crippen LogP contribution in [-0.2, 0) is 11.2 Å². The average molecular weight is 480 g/mol. The first-order valence-corrected chi connectivity index (χ1v) is 12.1.